The van der Waals surface area contributed by atoms with E-state index in [0.717, 1.165) is 17.6 Å². The van der Waals surface area contributed by atoms with E-state index in [4.69, 9.17) is 0 Å². The highest BCUT2D eigenvalue weighted by Gasteiger charge is 2.21. The molecule has 0 saturated carbocycles. The molecule has 0 heterocycles. The third kappa shape index (κ3) is 1.60. The molecule has 0 N–H and O–H groups in total. The first kappa shape index (κ1) is 9.13. The van der Waals surface area contributed by atoms with Crippen molar-refractivity contribution in [2.24, 2.45) is 5.92 Å². The smallest absolute Gasteiger partial charge is 0.159 e. The molecule has 0 saturated heterocycles. The van der Waals surface area contributed by atoms with Gasteiger partial charge < -0.3 is 0 Å². The van der Waals surface area contributed by atoms with Crippen LogP contribution in [0.3, 0.4) is 0 Å². The summed E-state index contributed by atoms with van der Waals surface area (Å²) in [5.41, 5.74) is 1.96. The maximum Gasteiger partial charge on any atom is 0.159 e. The molecule has 0 fully saturated rings. The Morgan fingerprint density at radius 2 is 1.93 bits per heavy atom. The minimum atomic E-state index is -0.244. The van der Waals surface area contributed by atoms with Crippen LogP contribution in [0.25, 0.3) is 5.57 Å². The molecule has 1 aromatic carbocycles. The predicted molar refractivity (Wildman–Crippen MR) is 53.2 cm³/mol. The SMILES string of the molecule is CC1CC(c2ccc(F)cc2)=CC1=O. The van der Waals surface area contributed by atoms with Crippen molar-refractivity contribution in [1.82, 2.24) is 0 Å². The van der Waals surface area contributed by atoms with Crippen LogP contribution in [0.5, 0.6) is 0 Å². The van der Waals surface area contributed by atoms with Gasteiger partial charge in [0.15, 0.2) is 5.78 Å². The van der Waals surface area contributed by atoms with E-state index >= 15 is 0 Å². The normalized spacial score (nSPS) is 21.1. The van der Waals surface area contributed by atoms with Crippen LogP contribution in [-0.4, -0.2) is 5.78 Å². The summed E-state index contributed by atoms with van der Waals surface area (Å²) in [6.45, 7) is 1.91. The summed E-state index contributed by atoms with van der Waals surface area (Å²) < 4.78 is 12.6. The number of benzene rings is 1. The van der Waals surface area contributed by atoms with Gasteiger partial charge in [0.25, 0.3) is 0 Å². The van der Waals surface area contributed by atoms with E-state index in [1.54, 1.807) is 18.2 Å². The number of carbonyl (C=O) groups is 1. The first-order valence-electron chi connectivity index (χ1n) is 4.67. The standard InChI is InChI=1S/C12H11FO/c1-8-6-10(7-12(8)14)9-2-4-11(13)5-3-9/h2-5,7-8H,6H2,1H3. The second-order valence-corrected chi connectivity index (χ2v) is 3.68. The van der Waals surface area contributed by atoms with Crippen molar-refractivity contribution in [1.29, 1.82) is 0 Å². The highest BCUT2D eigenvalue weighted by Crippen LogP contribution is 2.29. The average Bonchev–Trinajstić information content (AvgIpc) is 2.48. The second-order valence-electron chi connectivity index (χ2n) is 3.68. The van der Waals surface area contributed by atoms with Gasteiger partial charge in [0, 0.05) is 5.92 Å². The monoisotopic (exact) mass is 190 g/mol. The molecule has 1 atom stereocenters. The van der Waals surface area contributed by atoms with Gasteiger partial charge in [-0.15, -0.1) is 0 Å². The minimum absolute atomic E-state index is 0.0788. The molecule has 2 heteroatoms. The van der Waals surface area contributed by atoms with E-state index in [1.807, 2.05) is 6.92 Å². The van der Waals surface area contributed by atoms with Crippen molar-refractivity contribution in [2.75, 3.05) is 0 Å². The molecule has 0 spiro atoms. The molecule has 0 radical (unpaired) electrons. The lowest BCUT2D eigenvalue weighted by molar-refractivity contribution is -0.116. The quantitative estimate of drug-likeness (QED) is 0.665. The fourth-order valence-electron chi connectivity index (χ4n) is 1.67. The molecule has 72 valence electrons. The van der Waals surface area contributed by atoms with Crippen molar-refractivity contribution >= 4 is 11.4 Å². The third-order valence-electron chi connectivity index (χ3n) is 2.54. The van der Waals surface area contributed by atoms with Gasteiger partial charge in [-0.3, -0.25) is 4.79 Å². The summed E-state index contributed by atoms with van der Waals surface area (Å²) in [6, 6.07) is 6.27. The fraction of sp³-hybridized carbons (Fsp3) is 0.250. The fourth-order valence-corrected chi connectivity index (χ4v) is 1.67. The van der Waals surface area contributed by atoms with Gasteiger partial charge in [0.05, 0.1) is 0 Å². The van der Waals surface area contributed by atoms with E-state index in [9.17, 15) is 9.18 Å². The second kappa shape index (κ2) is 3.37. The van der Waals surface area contributed by atoms with Crippen molar-refractivity contribution in [3.63, 3.8) is 0 Å². The maximum atomic E-state index is 12.6. The molecule has 2 rings (SSSR count). The van der Waals surface area contributed by atoms with E-state index in [0.29, 0.717) is 0 Å². The summed E-state index contributed by atoms with van der Waals surface area (Å²) in [4.78, 5) is 11.3. The van der Waals surface area contributed by atoms with E-state index in [-0.39, 0.29) is 17.5 Å². The van der Waals surface area contributed by atoms with Gasteiger partial charge in [0.2, 0.25) is 0 Å². The first-order chi connectivity index (χ1) is 6.66. The molecule has 1 aliphatic rings. The van der Waals surface area contributed by atoms with Crippen molar-refractivity contribution in [3.05, 3.63) is 41.7 Å². The average molecular weight is 190 g/mol. The number of allylic oxidation sites excluding steroid dienone is 2. The van der Waals surface area contributed by atoms with Gasteiger partial charge >= 0.3 is 0 Å². The van der Waals surface area contributed by atoms with Crippen LogP contribution < -0.4 is 0 Å². The Hall–Kier alpha value is -1.44. The summed E-state index contributed by atoms with van der Waals surface area (Å²) in [5.74, 6) is 0.00565. The highest BCUT2D eigenvalue weighted by molar-refractivity contribution is 6.03. The Kier molecular flexibility index (Phi) is 2.20. The van der Waals surface area contributed by atoms with Crippen LogP contribution in [0.2, 0.25) is 0 Å². The lowest BCUT2D eigenvalue weighted by atomic mass is 10.0. The predicted octanol–water partition coefficient (Wildman–Crippen LogP) is 2.82. The number of rotatable bonds is 1. The van der Waals surface area contributed by atoms with Crippen molar-refractivity contribution in [3.8, 4) is 0 Å². The molecule has 1 nitrogen and oxygen atoms in total. The maximum absolute atomic E-state index is 12.6. The molecule has 0 bridgehead atoms. The number of hydrogen-bond acceptors (Lipinski definition) is 1. The number of halogens is 1. The van der Waals surface area contributed by atoms with Gasteiger partial charge in [-0.2, -0.15) is 0 Å². The lowest BCUT2D eigenvalue weighted by Crippen LogP contribution is -1.99. The summed E-state index contributed by atoms with van der Waals surface area (Å²) in [7, 11) is 0. The highest BCUT2D eigenvalue weighted by atomic mass is 19.1. The van der Waals surface area contributed by atoms with Gasteiger partial charge in [-0.1, -0.05) is 19.1 Å². The van der Waals surface area contributed by atoms with Gasteiger partial charge in [-0.05, 0) is 35.8 Å². The zero-order valence-corrected chi connectivity index (χ0v) is 7.96. The van der Waals surface area contributed by atoms with Crippen LogP contribution in [-0.2, 0) is 4.79 Å². The van der Waals surface area contributed by atoms with E-state index in [1.165, 1.54) is 12.1 Å². The van der Waals surface area contributed by atoms with Crippen LogP contribution >= 0.6 is 0 Å². The molecule has 14 heavy (non-hydrogen) atoms. The first-order valence-corrected chi connectivity index (χ1v) is 4.67. The zero-order valence-electron chi connectivity index (χ0n) is 7.96. The van der Waals surface area contributed by atoms with Crippen LogP contribution in [0.15, 0.2) is 30.3 Å². The topological polar surface area (TPSA) is 17.1 Å². The van der Waals surface area contributed by atoms with Gasteiger partial charge in [0.1, 0.15) is 5.82 Å². The van der Waals surface area contributed by atoms with E-state index in [2.05, 4.69) is 0 Å². The molecule has 1 aliphatic carbocycles. The number of hydrogen-bond donors (Lipinski definition) is 0. The largest absolute Gasteiger partial charge is 0.295 e. The number of ketones is 1. The summed E-state index contributed by atoms with van der Waals surface area (Å²) in [5, 5.41) is 0. The Bertz CT molecular complexity index is 389. The van der Waals surface area contributed by atoms with Gasteiger partial charge in [-0.25, -0.2) is 4.39 Å². The molecule has 1 aromatic rings. The summed E-state index contributed by atoms with van der Waals surface area (Å²) >= 11 is 0. The van der Waals surface area contributed by atoms with Crippen LogP contribution in [0.1, 0.15) is 18.9 Å². The molecule has 1 unspecified atom stereocenters. The zero-order chi connectivity index (χ0) is 10.1. The molecular weight excluding hydrogens is 179 g/mol. The molecule has 0 amide bonds. The van der Waals surface area contributed by atoms with E-state index < -0.39 is 0 Å². The lowest BCUT2D eigenvalue weighted by Gasteiger charge is -2.02. The Balaban J connectivity index is 2.29. The third-order valence-corrected chi connectivity index (χ3v) is 2.54. The molecule has 0 aromatic heterocycles. The Morgan fingerprint density at radius 1 is 1.29 bits per heavy atom. The van der Waals surface area contributed by atoms with Crippen molar-refractivity contribution in [2.45, 2.75) is 13.3 Å². The van der Waals surface area contributed by atoms with Crippen LogP contribution in [0.4, 0.5) is 4.39 Å². The molecule has 0 aliphatic heterocycles. The summed E-state index contributed by atoms with van der Waals surface area (Å²) in [6.07, 6.45) is 2.43. The van der Waals surface area contributed by atoms with Crippen LogP contribution in [0, 0.1) is 11.7 Å². The molecular formula is C12H11FO. The number of carbonyl (C=O) groups excluding carboxylic acids is 1. The van der Waals surface area contributed by atoms with Crippen molar-refractivity contribution < 1.29 is 9.18 Å². The Labute approximate surface area is 82.3 Å². The minimum Gasteiger partial charge on any atom is -0.295 e. The Morgan fingerprint density at radius 3 is 2.43 bits per heavy atom.